The lowest BCUT2D eigenvalue weighted by molar-refractivity contribution is -0.137. The molecule has 1 N–H and O–H groups in total. The van der Waals surface area contributed by atoms with E-state index in [9.17, 15) is 27.6 Å². The first-order valence-corrected chi connectivity index (χ1v) is 20.2. The van der Waals surface area contributed by atoms with Crippen molar-refractivity contribution < 1.29 is 32.3 Å². The van der Waals surface area contributed by atoms with Crippen LogP contribution in [0, 0.1) is 18.8 Å². The van der Waals surface area contributed by atoms with Gasteiger partial charge in [0.1, 0.15) is 32.3 Å². The molecule has 2 amide bonds. The number of fused-ring (bicyclic) bond motifs is 2. The molecule has 1 aliphatic heterocycles. The first kappa shape index (κ1) is 41.4. The maximum absolute atomic E-state index is 14.6. The second kappa shape index (κ2) is 17.0. The number of rotatable bonds is 11. The van der Waals surface area contributed by atoms with Gasteiger partial charge in [-0.1, -0.05) is 60.1 Å². The summed E-state index contributed by atoms with van der Waals surface area (Å²) in [4.78, 5) is 64.2. The van der Waals surface area contributed by atoms with Gasteiger partial charge in [0.05, 0.1) is 33.4 Å². The number of nitrogens with one attached hydrogen (secondary N) is 1. The predicted molar refractivity (Wildman–Crippen MR) is 221 cm³/mol. The van der Waals surface area contributed by atoms with Crippen LogP contribution in [0.4, 0.5) is 24.5 Å². The van der Waals surface area contributed by atoms with Crippen molar-refractivity contribution in [2.45, 2.75) is 58.9 Å². The molecule has 2 unspecified atom stereocenters. The Kier molecular flexibility index (Phi) is 11.5. The third-order valence-electron chi connectivity index (χ3n) is 11.3. The number of allylic oxidation sites excluding steroid dienone is 2. The quantitative estimate of drug-likeness (QED) is 0.151. The molecule has 2 fully saturated rings. The van der Waals surface area contributed by atoms with Crippen molar-refractivity contribution in [3.8, 4) is 5.75 Å². The molecular weight excluding hydrogens is 817 g/mol. The van der Waals surface area contributed by atoms with Crippen LogP contribution in [-0.2, 0) is 35.4 Å². The number of oxime groups is 1. The Bertz CT molecular complexity index is 2620. The third kappa shape index (κ3) is 8.40. The monoisotopic (exact) mass is 858 g/mol. The first-order valence-electron chi connectivity index (χ1n) is 19.8. The molecule has 0 radical (unpaired) electrons. The van der Waals surface area contributed by atoms with Crippen LogP contribution < -0.4 is 20.5 Å². The van der Waals surface area contributed by atoms with Crippen LogP contribution in [0.5, 0.6) is 5.75 Å². The standard InChI is InChI=1S/C42H42ClF3N10O5/c1-4-33-36(53-12-14-54(15-13-53)39(58)35-37(24(2)47-23-48-35)61-22-25-8-6-5-7-9-25)40(59)56-41(50-38(51-56)28-16-26-18-30(52-60-3)19-27(26)17-28)55(33)21-34(57)49-32-11-10-29(20-31(32)43)42(44,45)46/h5-11,16,20,23,26-27H,4,12-15,17-19,21-22H2,1-3H3,(H,49,57)/b52-30-. The molecule has 15 nitrogen and oxygen atoms in total. The largest absolute Gasteiger partial charge is 0.485 e. The number of anilines is 2. The normalized spacial score (nSPS) is 18.4. The van der Waals surface area contributed by atoms with Crippen molar-refractivity contribution in [1.29, 1.82) is 0 Å². The minimum Gasteiger partial charge on any atom is -0.485 e. The molecule has 1 saturated carbocycles. The number of hydrogen-bond donors (Lipinski definition) is 1. The Morgan fingerprint density at radius 3 is 2.49 bits per heavy atom. The van der Waals surface area contributed by atoms with E-state index in [4.69, 9.17) is 31.3 Å². The number of alkyl halides is 3. The Hall–Kier alpha value is -6.30. The van der Waals surface area contributed by atoms with Gasteiger partial charge in [-0.05, 0) is 73.8 Å². The Balaban J connectivity index is 1.09. The SMILES string of the molecule is CCc1c(N2CCN(C(=O)c3ncnc(C)c3OCc3ccccc3)CC2)c(=O)n2nc(C3=CC4C/C(=N/OC)CC4C3)nc2n1CC(=O)Nc1ccc(C(F)(F)F)cc1Cl. The van der Waals surface area contributed by atoms with Crippen molar-refractivity contribution in [1.82, 2.24) is 34.0 Å². The van der Waals surface area contributed by atoms with E-state index in [1.54, 1.807) is 16.4 Å². The number of aryl methyl sites for hydroxylation is 1. The Labute approximate surface area is 352 Å². The van der Waals surface area contributed by atoms with E-state index in [0.717, 1.165) is 47.9 Å². The number of benzene rings is 2. The summed E-state index contributed by atoms with van der Waals surface area (Å²) in [7, 11) is 1.52. The highest BCUT2D eigenvalue weighted by atomic mass is 35.5. The molecule has 61 heavy (non-hydrogen) atoms. The number of hydrogen-bond acceptors (Lipinski definition) is 11. The predicted octanol–water partition coefficient (Wildman–Crippen LogP) is 6.22. The molecule has 0 spiro atoms. The number of halogens is 4. The average Bonchev–Trinajstić information content (AvgIpc) is 3.96. The highest BCUT2D eigenvalue weighted by Gasteiger charge is 2.38. The molecule has 0 bridgehead atoms. The first-order chi connectivity index (χ1) is 29.3. The topological polar surface area (TPSA) is 161 Å². The number of carbonyl (C=O) groups excluding carboxylic acids is 2. The maximum atomic E-state index is 14.6. The van der Waals surface area contributed by atoms with E-state index in [1.807, 2.05) is 42.2 Å². The second-order valence-corrected chi connectivity index (χ2v) is 15.6. The fraction of sp³-hybridized carbons (Fsp3) is 0.381. The highest BCUT2D eigenvalue weighted by molar-refractivity contribution is 6.33. The fourth-order valence-corrected chi connectivity index (χ4v) is 8.59. The van der Waals surface area contributed by atoms with Gasteiger partial charge in [-0.3, -0.25) is 14.4 Å². The number of nitrogens with zero attached hydrogens (tertiary/aromatic N) is 9. The Morgan fingerprint density at radius 2 is 1.80 bits per heavy atom. The maximum Gasteiger partial charge on any atom is 0.416 e. The highest BCUT2D eigenvalue weighted by Crippen LogP contribution is 2.44. The number of piperazine rings is 1. The zero-order chi connectivity index (χ0) is 43.0. The van der Waals surface area contributed by atoms with Gasteiger partial charge in [-0.2, -0.15) is 22.7 Å². The number of carbonyl (C=O) groups is 2. The molecule has 1 saturated heterocycles. The molecular formula is C42H42ClF3N10O5. The van der Waals surface area contributed by atoms with Crippen molar-refractivity contribution in [3.63, 3.8) is 0 Å². The van der Waals surface area contributed by atoms with E-state index in [-0.39, 0.29) is 79.3 Å². The van der Waals surface area contributed by atoms with Crippen LogP contribution >= 0.6 is 11.6 Å². The van der Waals surface area contributed by atoms with Gasteiger partial charge in [0.25, 0.3) is 11.5 Å². The van der Waals surface area contributed by atoms with E-state index < -0.39 is 23.2 Å². The molecule has 318 valence electrons. The molecule has 5 aromatic rings. The van der Waals surface area contributed by atoms with Gasteiger partial charge < -0.3 is 29.3 Å². The lowest BCUT2D eigenvalue weighted by Crippen LogP contribution is -2.51. The molecule has 8 rings (SSSR count). The molecule has 19 heteroatoms. The summed E-state index contributed by atoms with van der Waals surface area (Å²) >= 11 is 6.20. The fourth-order valence-electron chi connectivity index (χ4n) is 8.36. The van der Waals surface area contributed by atoms with Gasteiger partial charge in [0.15, 0.2) is 17.3 Å². The summed E-state index contributed by atoms with van der Waals surface area (Å²) in [6.07, 6.45) is 1.30. The van der Waals surface area contributed by atoms with E-state index in [1.165, 1.54) is 18.0 Å². The van der Waals surface area contributed by atoms with Crippen LogP contribution in [0.25, 0.3) is 11.4 Å². The minimum atomic E-state index is -4.62. The molecule has 3 aliphatic rings. The minimum absolute atomic E-state index is 0.00973. The van der Waals surface area contributed by atoms with Gasteiger partial charge >= 0.3 is 6.18 Å². The molecule has 2 aromatic carbocycles. The van der Waals surface area contributed by atoms with Crippen molar-refractivity contribution in [3.05, 3.63) is 110 Å². The van der Waals surface area contributed by atoms with Crippen LogP contribution in [0.3, 0.4) is 0 Å². The summed E-state index contributed by atoms with van der Waals surface area (Å²) in [5.41, 5.74) is 2.81. The molecule has 4 heterocycles. The summed E-state index contributed by atoms with van der Waals surface area (Å²) in [5, 5.41) is 11.2. The molecule has 3 aromatic heterocycles. The number of aromatic nitrogens is 6. The van der Waals surface area contributed by atoms with Gasteiger partial charge in [-0.25, -0.2) is 9.97 Å². The van der Waals surface area contributed by atoms with Crippen molar-refractivity contribution in [2.75, 3.05) is 43.5 Å². The zero-order valence-electron chi connectivity index (χ0n) is 33.6. The van der Waals surface area contributed by atoms with E-state index in [0.29, 0.717) is 41.5 Å². The summed E-state index contributed by atoms with van der Waals surface area (Å²) < 4.78 is 48.9. The van der Waals surface area contributed by atoms with Gasteiger partial charge in [0.2, 0.25) is 11.7 Å². The van der Waals surface area contributed by atoms with Crippen molar-refractivity contribution in [2.24, 2.45) is 17.0 Å². The number of amides is 2. The van der Waals surface area contributed by atoms with E-state index >= 15 is 0 Å². The molecule has 2 aliphatic carbocycles. The van der Waals surface area contributed by atoms with Gasteiger partial charge in [-0.15, -0.1) is 5.10 Å². The smallest absolute Gasteiger partial charge is 0.416 e. The van der Waals surface area contributed by atoms with Crippen LogP contribution in [0.1, 0.15) is 65.0 Å². The summed E-state index contributed by atoms with van der Waals surface area (Å²) in [6.45, 7) is 4.45. The number of ether oxygens (including phenoxy) is 1. The average molecular weight is 859 g/mol. The zero-order valence-corrected chi connectivity index (χ0v) is 34.3. The lowest BCUT2D eigenvalue weighted by atomic mass is 10.00. The van der Waals surface area contributed by atoms with Crippen LogP contribution in [0.2, 0.25) is 5.02 Å². The lowest BCUT2D eigenvalue weighted by Gasteiger charge is -2.36. The molecule has 2 atom stereocenters. The van der Waals surface area contributed by atoms with Crippen LogP contribution in [-0.4, -0.2) is 84.8 Å². The summed E-state index contributed by atoms with van der Waals surface area (Å²) in [6, 6.07) is 12.2. The Morgan fingerprint density at radius 1 is 1.03 bits per heavy atom. The van der Waals surface area contributed by atoms with Crippen LogP contribution in [0.15, 0.2) is 70.9 Å². The van der Waals surface area contributed by atoms with Crippen molar-refractivity contribution >= 4 is 51.9 Å². The summed E-state index contributed by atoms with van der Waals surface area (Å²) in [5.74, 6) is 0.327. The third-order valence-corrected chi connectivity index (χ3v) is 11.6. The second-order valence-electron chi connectivity index (χ2n) is 15.2. The van der Waals surface area contributed by atoms with Gasteiger partial charge in [0, 0.05) is 26.2 Å². The van der Waals surface area contributed by atoms with E-state index in [2.05, 4.69) is 26.5 Å².